The van der Waals surface area contributed by atoms with Gasteiger partial charge in [-0.1, -0.05) is 35.4 Å². The molecule has 2 heterocycles. The highest BCUT2D eigenvalue weighted by Gasteiger charge is 2.21. The molecule has 120 valence electrons. The van der Waals surface area contributed by atoms with E-state index in [-0.39, 0.29) is 5.56 Å². The Bertz CT molecular complexity index is 1060. The van der Waals surface area contributed by atoms with Gasteiger partial charge in [-0.25, -0.2) is 4.98 Å². The van der Waals surface area contributed by atoms with Crippen molar-refractivity contribution in [2.75, 3.05) is 0 Å². The number of fused-ring (bicyclic) bond motifs is 2. The molecule has 1 aliphatic rings. The van der Waals surface area contributed by atoms with Gasteiger partial charge in [0.15, 0.2) is 0 Å². The summed E-state index contributed by atoms with van der Waals surface area (Å²) < 4.78 is 1.76. The lowest BCUT2D eigenvalue weighted by molar-refractivity contribution is 0.725. The highest BCUT2D eigenvalue weighted by molar-refractivity contribution is 6.31. The average Bonchev–Trinajstić information content (AvgIpc) is 2.95. The minimum atomic E-state index is -0.0122. The van der Waals surface area contributed by atoms with Crippen LogP contribution in [0.25, 0.3) is 22.6 Å². The van der Waals surface area contributed by atoms with Crippen LogP contribution in [0.4, 0.5) is 0 Å². The van der Waals surface area contributed by atoms with Crippen molar-refractivity contribution in [3.05, 3.63) is 74.3 Å². The molecular weight excluding hydrogens is 320 g/mol. The van der Waals surface area contributed by atoms with E-state index in [2.05, 4.69) is 38.1 Å². The third-order valence-corrected chi connectivity index (χ3v) is 4.81. The summed E-state index contributed by atoms with van der Waals surface area (Å²) in [6.07, 6.45) is 2.98. The van der Waals surface area contributed by atoms with Crippen LogP contribution in [0.2, 0.25) is 5.02 Å². The molecule has 0 saturated heterocycles. The SMILES string of the molecule is Cc1ccc(C)c(C=C2CCn3c2nc2ccc(Cl)cc2c3=O)c1. The fourth-order valence-electron chi connectivity index (χ4n) is 3.23. The standard InChI is InChI=1S/C20H17ClN2O/c1-12-3-4-13(2)15(9-12)10-14-7-8-23-19(14)22-18-6-5-16(21)11-17(18)20(23)24/h3-6,9-11H,7-8H2,1-2H3. The Morgan fingerprint density at radius 1 is 1.17 bits per heavy atom. The van der Waals surface area contributed by atoms with E-state index in [0.29, 0.717) is 22.5 Å². The fourth-order valence-corrected chi connectivity index (χ4v) is 3.40. The van der Waals surface area contributed by atoms with Crippen molar-refractivity contribution in [3.8, 4) is 0 Å². The fraction of sp³-hybridized carbons (Fsp3) is 0.200. The lowest BCUT2D eigenvalue weighted by atomic mass is 10.0. The van der Waals surface area contributed by atoms with Crippen molar-refractivity contribution in [3.63, 3.8) is 0 Å². The summed E-state index contributed by atoms with van der Waals surface area (Å²) in [5.41, 5.74) is 5.43. The van der Waals surface area contributed by atoms with Crippen molar-refractivity contribution in [2.24, 2.45) is 0 Å². The van der Waals surface area contributed by atoms with Gasteiger partial charge in [-0.3, -0.25) is 9.36 Å². The Labute approximate surface area is 145 Å². The Balaban J connectivity index is 1.92. The van der Waals surface area contributed by atoms with Crippen molar-refractivity contribution in [1.82, 2.24) is 9.55 Å². The molecule has 1 aliphatic heterocycles. The van der Waals surface area contributed by atoms with Crippen LogP contribution in [0.5, 0.6) is 0 Å². The molecule has 0 saturated carbocycles. The van der Waals surface area contributed by atoms with Gasteiger partial charge in [-0.2, -0.15) is 0 Å². The van der Waals surface area contributed by atoms with Crippen LogP contribution in [-0.2, 0) is 6.54 Å². The second kappa shape index (κ2) is 5.60. The molecule has 4 rings (SSSR count). The maximum Gasteiger partial charge on any atom is 0.261 e. The predicted molar refractivity (Wildman–Crippen MR) is 99.4 cm³/mol. The van der Waals surface area contributed by atoms with Crippen LogP contribution in [-0.4, -0.2) is 9.55 Å². The number of rotatable bonds is 1. The molecule has 0 spiro atoms. The summed E-state index contributed by atoms with van der Waals surface area (Å²) in [6.45, 7) is 4.86. The third kappa shape index (κ3) is 2.45. The van der Waals surface area contributed by atoms with Gasteiger partial charge < -0.3 is 0 Å². The van der Waals surface area contributed by atoms with Gasteiger partial charge >= 0.3 is 0 Å². The van der Waals surface area contributed by atoms with Crippen LogP contribution < -0.4 is 5.56 Å². The lowest BCUT2D eigenvalue weighted by Crippen LogP contribution is -2.20. The van der Waals surface area contributed by atoms with E-state index >= 15 is 0 Å². The van der Waals surface area contributed by atoms with Crippen LogP contribution in [0.15, 0.2) is 41.2 Å². The van der Waals surface area contributed by atoms with Gasteiger partial charge in [-0.15, -0.1) is 0 Å². The number of hydrogen-bond donors (Lipinski definition) is 0. The van der Waals surface area contributed by atoms with E-state index in [1.54, 1.807) is 16.7 Å². The molecule has 3 aromatic rings. The van der Waals surface area contributed by atoms with E-state index in [4.69, 9.17) is 16.6 Å². The normalized spacial score (nSPS) is 15.2. The molecule has 24 heavy (non-hydrogen) atoms. The zero-order valence-electron chi connectivity index (χ0n) is 13.6. The zero-order chi connectivity index (χ0) is 16.8. The molecule has 0 unspecified atom stereocenters. The molecule has 0 radical (unpaired) electrons. The van der Waals surface area contributed by atoms with Crippen LogP contribution in [0, 0.1) is 13.8 Å². The Hall–Kier alpha value is -2.39. The maximum atomic E-state index is 12.7. The highest BCUT2D eigenvalue weighted by Crippen LogP contribution is 2.29. The minimum Gasteiger partial charge on any atom is -0.292 e. The summed E-state index contributed by atoms with van der Waals surface area (Å²) in [7, 11) is 0. The average molecular weight is 337 g/mol. The highest BCUT2D eigenvalue weighted by atomic mass is 35.5. The van der Waals surface area contributed by atoms with Gasteiger partial charge in [0.2, 0.25) is 0 Å². The van der Waals surface area contributed by atoms with Gasteiger partial charge in [0.1, 0.15) is 5.82 Å². The van der Waals surface area contributed by atoms with E-state index in [0.717, 1.165) is 17.8 Å². The monoisotopic (exact) mass is 336 g/mol. The third-order valence-electron chi connectivity index (χ3n) is 4.57. The van der Waals surface area contributed by atoms with Gasteiger partial charge in [-0.05, 0) is 61.2 Å². The first kappa shape index (κ1) is 15.2. The van der Waals surface area contributed by atoms with Crippen molar-refractivity contribution in [2.45, 2.75) is 26.8 Å². The summed E-state index contributed by atoms with van der Waals surface area (Å²) in [5.74, 6) is 0.774. The molecule has 0 aliphatic carbocycles. The quantitative estimate of drug-likeness (QED) is 0.650. The Kier molecular flexibility index (Phi) is 3.54. The molecule has 4 heteroatoms. The Morgan fingerprint density at radius 3 is 2.83 bits per heavy atom. The number of benzene rings is 2. The molecule has 0 bridgehead atoms. The number of nitrogens with zero attached hydrogens (tertiary/aromatic N) is 2. The van der Waals surface area contributed by atoms with Crippen LogP contribution >= 0.6 is 11.6 Å². The van der Waals surface area contributed by atoms with Crippen molar-refractivity contribution < 1.29 is 0 Å². The molecule has 0 amide bonds. The first-order valence-corrected chi connectivity index (χ1v) is 8.39. The van der Waals surface area contributed by atoms with Gasteiger partial charge in [0.05, 0.1) is 10.9 Å². The van der Waals surface area contributed by atoms with Gasteiger partial charge in [0, 0.05) is 11.6 Å². The first-order valence-electron chi connectivity index (χ1n) is 8.01. The summed E-state index contributed by atoms with van der Waals surface area (Å²) >= 11 is 6.02. The number of halogens is 1. The first-order chi connectivity index (χ1) is 11.5. The maximum absolute atomic E-state index is 12.7. The predicted octanol–water partition coefficient (Wildman–Crippen LogP) is 4.61. The molecule has 0 atom stereocenters. The number of aryl methyl sites for hydroxylation is 2. The lowest BCUT2D eigenvalue weighted by Gasteiger charge is -2.07. The van der Waals surface area contributed by atoms with E-state index in [1.165, 1.54) is 16.7 Å². The molecule has 0 N–H and O–H groups in total. The molecule has 1 aromatic heterocycles. The van der Waals surface area contributed by atoms with Gasteiger partial charge in [0.25, 0.3) is 5.56 Å². The van der Waals surface area contributed by atoms with Crippen LogP contribution in [0.3, 0.4) is 0 Å². The van der Waals surface area contributed by atoms with E-state index in [1.807, 2.05) is 6.07 Å². The molecular formula is C20H17ClN2O. The van der Waals surface area contributed by atoms with Crippen LogP contribution in [0.1, 0.15) is 28.9 Å². The second-order valence-electron chi connectivity index (χ2n) is 6.33. The molecule has 2 aromatic carbocycles. The summed E-state index contributed by atoms with van der Waals surface area (Å²) in [6, 6.07) is 11.7. The summed E-state index contributed by atoms with van der Waals surface area (Å²) in [4.78, 5) is 17.5. The largest absolute Gasteiger partial charge is 0.292 e. The van der Waals surface area contributed by atoms with E-state index in [9.17, 15) is 4.79 Å². The summed E-state index contributed by atoms with van der Waals surface area (Å²) in [5, 5.41) is 1.14. The topological polar surface area (TPSA) is 34.9 Å². The molecule has 0 fully saturated rings. The smallest absolute Gasteiger partial charge is 0.261 e. The van der Waals surface area contributed by atoms with E-state index < -0.39 is 0 Å². The van der Waals surface area contributed by atoms with Crippen molar-refractivity contribution >= 4 is 34.2 Å². The second-order valence-corrected chi connectivity index (χ2v) is 6.77. The molecule has 3 nitrogen and oxygen atoms in total. The minimum absolute atomic E-state index is 0.0122. The zero-order valence-corrected chi connectivity index (χ0v) is 14.4. The number of hydrogen-bond acceptors (Lipinski definition) is 2. The van der Waals surface area contributed by atoms with Crippen molar-refractivity contribution in [1.29, 1.82) is 0 Å². The Morgan fingerprint density at radius 2 is 2.00 bits per heavy atom. The number of allylic oxidation sites excluding steroid dienone is 1. The number of aromatic nitrogens is 2.